The van der Waals surface area contributed by atoms with E-state index in [0.717, 1.165) is 30.4 Å². The number of amides is 1. The summed E-state index contributed by atoms with van der Waals surface area (Å²) in [6.07, 6.45) is 2.39. The van der Waals surface area contributed by atoms with Gasteiger partial charge in [0.05, 0.1) is 18.0 Å². The average molecular weight is 338 g/mol. The van der Waals surface area contributed by atoms with Crippen LogP contribution in [0.2, 0.25) is 0 Å². The highest BCUT2D eigenvalue weighted by Crippen LogP contribution is 2.30. The highest BCUT2D eigenvalue weighted by molar-refractivity contribution is 6.06. The van der Waals surface area contributed by atoms with Crippen LogP contribution in [-0.4, -0.2) is 25.6 Å². The van der Waals surface area contributed by atoms with Gasteiger partial charge in [-0.25, -0.2) is 0 Å². The molecular formula is C21H26N2O2. The molecule has 1 saturated heterocycles. The summed E-state index contributed by atoms with van der Waals surface area (Å²) >= 11 is 0. The lowest BCUT2D eigenvalue weighted by Crippen LogP contribution is -2.33. The molecule has 1 heterocycles. The molecule has 1 fully saturated rings. The smallest absolute Gasteiger partial charge is 0.255 e. The molecule has 1 N–H and O–H groups in total. The maximum atomic E-state index is 12.7. The molecule has 4 nitrogen and oxygen atoms in total. The van der Waals surface area contributed by atoms with E-state index in [0.29, 0.717) is 17.9 Å². The quantitative estimate of drug-likeness (QED) is 0.868. The van der Waals surface area contributed by atoms with Gasteiger partial charge in [0, 0.05) is 18.7 Å². The van der Waals surface area contributed by atoms with Gasteiger partial charge in [-0.05, 0) is 56.0 Å². The predicted molar refractivity (Wildman–Crippen MR) is 103 cm³/mol. The average Bonchev–Trinajstić information content (AvgIpc) is 2.63. The van der Waals surface area contributed by atoms with Crippen molar-refractivity contribution >= 4 is 17.3 Å². The highest BCUT2D eigenvalue weighted by Gasteiger charge is 2.19. The van der Waals surface area contributed by atoms with Crippen LogP contribution >= 0.6 is 0 Å². The summed E-state index contributed by atoms with van der Waals surface area (Å²) < 4.78 is 5.49. The van der Waals surface area contributed by atoms with E-state index in [4.69, 9.17) is 4.74 Å². The fraction of sp³-hybridized carbons (Fsp3) is 0.381. The van der Waals surface area contributed by atoms with Crippen molar-refractivity contribution in [3.63, 3.8) is 0 Å². The Morgan fingerprint density at radius 3 is 2.68 bits per heavy atom. The van der Waals surface area contributed by atoms with Crippen LogP contribution in [-0.2, 0) is 0 Å². The normalized spacial score (nSPS) is 15.0. The second-order valence-electron chi connectivity index (χ2n) is 6.60. The summed E-state index contributed by atoms with van der Waals surface area (Å²) in [4.78, 5) is 15.0. The molecule has 0 aromatic heterocycles. The first-order valence-electron chi connectivity index (χ1n) is 9.05. The Labute approximate surface area is 149 Å². The van der Waals surface area contributed by atoms with E-state index in [-0.39, 0.29) is 5.91 Å². The molecule has 1 aliphatic heterocycles. The van der Waals surface area contributed by atoms with E-state index in [2.05, 4.69) is 23.2 Å². The Morgan fingerprint density at radius 2 is 1.92 bits per heavy atom. The van der Waals surface area contributed by atoms with E-state index < -0.39 is 0 Å². The van der Waals surface area contributed by atoms with E-state index >= 15 is 0 Å². The molecule has 132 valence electrons. The van der Waals surface area contributed by atoms with Gasteiger partial charge in [0.25, 0.3) is 5.91 Å². The molecule has 2 aromatic rings. The summed E-state index contributed by atoms with van der Waals surface area (Å²) in [6.45, 7) is 6.89. The third-order valence-corrected chi connectivity index (χ3v) is 4.68. The Hall–Kier alpha value is -2.49. The third kappa shape index (κ3) is 4.32. The Bertz CT molecular complexity index is 721. The van der Waals surface area contributed by atoms with Crippen molar-refractivity contribution in [2.24, 2.45) is 5.92 Å². The number of anilines is 2. The summed E-state index contributed by atoms with van der Waals surface area (Å²) in [5.41, 5.74) is 2.57. The Balaban J connectivity index is 1.76. The Morgan fingerprint density at radius 1 is 1.16 bits per heavy atom. The minimum Gasteiger partial charge on any atom is -0.494 e. The van der Waals surface area contributed by atoms with Crippen LogP contribution < -0.4 is 15.0 Å². The molecule has 0 spiro atoms. The molecule has 1 aliphatic rings. The summed E-state index contributed by atoms with van der Waals surface area (Å²) in [5.74, 6) is 1.38. The van der Waals surface area contributed by atoms with E-state index in [9.17, 15) is 4.79 Å². The number of piperidine rings is 1. The SMILES string of the molecule is CCOc1cccc(C(=O)Nc2ccccc2N2CCC(C)CC2)c1. The number of carbonyl (C=O) groups is 1. The van der Waals surface area contributed by atoms with Crippen LogP contribution in [0, 0.1) is 5.92 Å². The minimum atomic E-state index is -0.112. The zero-order chi connectivity index (χ0) is 17.6. The number of nitrogens with one attached hydrogen (secondary N) is 1. The topological polar surface area (TPSA) is 41.6 Å². The monoisotopic (exact) mass is 338 g/mol. The molecule has 25 heavy (non-hydrogen) atoms. The zero-order valence-corrected chi connectivity index (χ0v) is 15.0. The van der Waals surface area contributed by atoms with E-state index in [1.807, 2.05) is 43.3 Å². The number of rotatable bonds is 5. The van der Waals surface area contributed by atoms with Gasteiger partial charge in [0.15, 0.2) is 0 Å². The summed E-state index contributed by atoms with van der Waals surface area (Å²) in [7, 11) is 0. The number of nitrogens with zero attached hydrogens (tertiary/aromatic N) is 1. The van der Waals surface area contributed by atoms with Crippen LogP contribution in [0.3, 0.4) is 0 Å². The fourth-order valence-corrected chi connectivity index (χ4v) is 3.19. The van der Waals surface area contributed by atoms with Gasteiger partial charge in [-0.1, -0.05) is 25.1 Å². The van der Waals surface area contributed by atoms with Gasteiger partial charge in [-0.3, -0.25) is 4.79 Å². The van der Waals surface area contributed by atoms with Gasteiger partial charge >= 0.3 is 0 Å². The maximum Gasteiger partial charge on any atom is 0.255 e. The summed E-state index contributed by atoms with van der Waals surface area (Å²) in [6, 6.07) is 15.3. The molecule has 0 aliphatic carbocycles. The van der Waals surface area contributed by atoms with Crippen molar-refractivity contribution in [1.82, 2.24) is 0 Å². The first kappa shape index (κ1) is 17.3. The molecule has 1 amide bonds. The molecule has 4 heteroatoms. The maximum absolute atomic E-state index is 12.7. The van der Waals surface area contributed by atoms with Gasteiger partial charge in [-0.15, -0.1) is 0 Å². The largest absolute Gasteiger partial charge is 0.494 e. The molecule has 2 aromatic carbocycles. The molecule has 0 unspecified atom stereocenters. The Kier molecular flexibility index (Phi) is 5.59. The van der Waals surface area contributed by atoms with Gasteiger partial charge in [0.1, 0.15) is 5.75 Å². The van der Waals surface area contributed by atoms with Crippen molar-refractivity contribution in [2.45, 2.75) is 26.7 Å². The van der Waals surface area contributed by atoms with Crippen molar-refractivity contribution in [3.8, 4) is 5.75 Å². The fourth-order valence-electron chi connectivity index (χ4n) is 3.19. The van der Waals surface area contributed by atoms with Crippen LogP contribution in [0.15, 0.2) is 48.5 Å². The van der Waals surface area contributed by atoms with Crippen molar-refractivity contribution < 1.29 is 9.53 Å². The van der Waals surface area contributed by atoms with Crippen molar-refractivity contribution in [2.75, 3.05) is 29.9 Å². The van der Waals surface area contributed by atoms with E-state index in [1.165, 1.54) is 12.8 Å². The standard InChI is InChI=1S/C21H26N2O2/c1-3-25-18-8-6-7-17(15-18)21(24)22-19-9-4-5-10-20(19)23-13-11-16(2)12-14-23/h4-10,15-16H,3,11-14H2,1-2H3,(H,22,24). The number of ether oxygens (including phenoxy) is 1. The number of para-hydroxylation sites is 2. The minimum absolute atomic E-state index is 0.112. The van der Waals surface area contributed by atoms with Crippen molar-refractivity contribution in [3.05, 3.63) is 54.1 Å². The van der Waals surface area contributed by atoms with Crippen molar-refractivity contribution in [1.29, 1.82) is 0 Å². The number of carbonyl (C=O) groups excluding carboxylic acids is 1. The molecular weight excluding hydrogens is 312 g/mol. The number of benzene rings is 2. The zero-order valence-electron chi connectivity index (χ0n) is 15.0. The van der Waals surface area contributed by atoms with Crippen LogP contribution in [0.4, 0.5) is 11.4 Å². The van der Waals surface area contributed by atoms with Gasteiger partial charge < -0.3 is 15.0 Å². The molecule has 0 bridgehead atoms. The van der Waals surface area contributed by atoms with Gasteiger partial charge in [-0.2, -0.15) is 0 Å². The lowest BCUT2D eigenvalue weighted by Gasteiger charge is -2.33. The lowest BCUT2D eigenvalue weighted by atomic mass is 9.98. The molecule has 3 rings (SSSR count). The predicted octanol–water partition coefficient (Wildman–Crippen LogP) is 4.57. The van der Waals surface area contributed by atoms with Crippen LogP contribution in [0.1, 0.15) is 37.0 Å². The second kappa shape index (κ2) is 8.06. The first-order chi connectivity index (χ1) is 12.2. The first-order valence-corrected chi connectivity index (χ1v) is 9.05. The van der Waals surface area contributed by atoms with Gasteiger partial charge in [0.2, 0.25) is 0 Å². The van der Waals surface area contributed by atoms with Crippen LogP contribution in [0.25, 0.3) is 0 Å². The molecule has 0 atom stereocenters. The second-order valence-corrected chi connectivity index (χ2v) is 6.60. The third-order valence-electron chi connectivity index (χ3n) is 4.68. The number of hydrogen-bond acceptors (Lipinski definition) is 3. The molecule has 0 radical (unpaired) electrons. The molecule has 0 saturated carbocycles. The van der Waals surface area contributed by atoms with E-state index in [1.54, 1.807) is 6.07 Å². The summed E-state index contributed by atoms with van der Waals surface area (Å²) in [5, 5.41) is 3.07. The van der Waals surface area contributed by atoms with Crippen LogP contribution in [0.5, 0.6) is 5.75 Å². The lowest BCUT2D eigenvalue weighted by molar-refractivity contribution is 0.102. The number of hydrogen-bond donors (Lipinski definition) is 1. The highest BCUT2D eigenvalue weighted by atomic mass is 16.5.